The highest BCUT2D eigenvalue weighted by Crippen LogP contribution is 2.35. The number of piperidine rings is 3. The molecular formula is C20H23ClN4OS. The molecule has 0 radical (unpaired) electrons. The van der Waals surface area contributed by atoms with Crippen LogP contribution < -0.4 is 0 Å². The first-order valence-electron chi connectivity index (χ1n) is 9.34. The summed E-state index contributed by atoms with van der Waals surface area (Å²) < 4.78 is 0. The van der Waals surface area contributed by atoms with E-state index in [1.165, 1.54) is 30.8 Å². The van der Waals surface area contributed by atoms with E-state index in [2.05, 4.69) is 27.0 Å². The Bertz CT molecular complexity index is 973. The van der Waals surface area contributed by atoms with Gasteiger partial charge >= 0.3 is 0 Å². The number of hydrogen-bond donors (Lipinski definition) is 1. The lowest BCUT2D eigenvalue weighted by Gasteiger charge is -2.44. The predicted molar refractivity (Wildman–Crippen MR) is 111 cm³/mol. The molecule has 5 nitrogen and oxygen atoms in total. The van der Waals surface area contributed by atoms with Crippen LogP contribution in [0.15, 0.2) is 24.4 Å². The Labute approximate surface area is 168 Å². The number of Topliss-reactive ketones (excluding diaryl/α,β-unsaturated/α-hetero) is 1. The van der Waals surface area contributed by atoms with E-state index in [9.17, 15) is 4.79 Å². The van der Waals surface area contributed by atoms with Crippen molar-refractivity contribution < 1.29 is 4.79 Å². The third-order valence-electron chi connectivity index (χ3n) is 5.93. The van der Waals surface area contributed by atoms with Crippen molar-refractivity contribution >= 4 is 40.4 Å². The van der Waals surface area contributed by atoms with Gasteiger partial charge in [-0.15, -0.1) is 23.7 Å². The normalized spacial score (nSPS) is 24.1. The molecule has 1 aromatic carbocycles. The number of H-pyrrole nitrogens is 1. The molecule has 7 heteroatoms. The molecule has 0 spiro atoms. The van der Waals surface area contributed by atoms with Gasteiger partial charge < -0.3 is 4.90 Å². The fraction of sp³-hybridized carbons (Fsp3) is 0.450. The summed E-state index contributed by atoms with van der Waals surface area (Å²) in [5.74, 6) is 1.39. The first-order valence-corrected chi connectivity index (χ1v) is 10.2. The smallest absolute Gasteiger partial charge is 0.184 e. The second-order valence-corrected chi connectivity index (χ2v) is 8.87. The lowest BCUT2D eigenvalue weighted by atomic mass is 9.76. The number of fused-ring (bicyclic) bond motifs is 4. The van der Waals surface area contributed by atoms with Crippen molar-refractivity contribution in [2.45, 2.75) is 26.2 Å². The summed E-state index contributed by atoms with van der Waals surface area (Å²) in [7, 11) is 0. The van der Waals surface area contributed by atoms with Crippen molar-refractivity contribution in [1.29, 1.82) is 0 Å². The number of carbonyl (C=O) groups is 1. The summed E-state index contributed by atoms with van der Waals surface area (Å²) in [5.41, 5.74) is 2.57. The summed E-state index contributed by atoms with van der Waals surface area (Å²) >= 11 is 1.68. The van der Waals surface area contributed by atoms with Crippen molar-refractivity contribution in [2.75, 3.05) is 19.6 Å². The fourth-order valence-corrected chi connectivity index (χ4v) is 5.27. The van der Waals surface area contributed by atoms with E-state index in [0.29, 0.717) is 24.0 Å². The molecule has 3 aliphatic rings. The third kappa shape index (κ3) is 3.42. The van der Waals surface area contributed by atoms with E-state index in [4.69, 9.17) is 0 Å². The van der Waals surface area contributed by atoms with Crippen LogP contribution >= 0.6 is 23.7 Å². The summed E-state index contributed by atoms with van der Waals surface area (Å²) in [6.07, 6.45) is 5.00. The van der Waals surface area contributed by atoms with Crippen LogP contribution in [0, 0.1) is 18.8 Å². The van der Waals surface area contributed by atoms with Crippen molar-refractivity contribution in [3.63, 3.8) is 0 Å². The van der Waals surface area contributed by atoms with Crippen molar-refractivity contribution in [3.05, 3.63) is 35.0 Å². The second kappa shape index (κ2) is 7.34. The Kier molecular flexibility index (Phi) is 5.05. The van der Waals surface area contributed by atoms with Crippen LogP contribution in [-0.2, 0) is 0 Å². The largest absolute Gasteiger partial charge is 0.303 e. The SMILES string of the molecule is Cc1cnc(-c2ccc3c(C(=O)C[C@@H]4CN5CCC4CC5)n[nH]c3c2)s1.Cl. The quantitative estimate of drug-likeness (QED) is 0.659. The number of halogens is 1. The fourth-order valence-electron chi connectivity index (χ4n) is 4.51. The standard InChI is InChI=1S/C20H22N4OS.ClH/c1-12-10-21-20(26-12)14-2-3-16-17(8-14)22-23-19(16)18(25)9-15-11-24-6-4-13(15)5-7-24;/h2-3,8,10,13,15H,4-7,9,11H2,1H3,(H,22,23);1H/t15-;/m1./s1. The molecule has 0 saturated carbocycles. The molecule has 1 N–H and O–H groups in total. The number of aryl methyl sites for hydroxylation is 1. The number of thiazole rings is 1. The minimum absolute atomic E-state index is 0. The lowest BCUT2D eigenvalue weighted by Crippen LogP contribution is -2.47. The lowest BCUT2D eigenvalue weighted by molar-refractivity contribution is 0.0440. The van der Waals surface area contributed by atoms with E-state index in [0.717, 1.165) is 28.0 Å². The Morgan fingerprint density at radius 2 is 2.15 bits per heavy atom. The van der Waals surface area contributed by atoms with Crippen LogP contribution in [-0.4, -0.2) is 45.5 Å². The Balaban J connectivity index is 0.00000180. The third-order valence-corrected chi connectivity index (χ3v) is 6.90. The van der Waals surface area contributed by atoms with Crippen LogP contribution in [0.4, 0.5) is 0 Å². The van der Waals surface area contributed by atoms with E-state index in [1.54, 1.807) is 11.3 Å². The molecule has 0 aliphatic carbocycles. The molecule has 3 aliphatic heterocycles. The number of rotatable bonds is 4. The van der Waals surface area contributed by atoms with E-state index in [-0.39, 0.29) is 18.2 Å². The minimum Gasteiger partial charge on any atom is -0.303 e. The topological polar surface area (TPSA) is 61.9 Å². The van der Waals surface area contributed by atoms with Gasteiger partial charge in [0.2, 0.25) is 0 Å². The summed E-state index contributed by atoms with van der Waals surface area (Å²) in [4.78, 5) is 21.1. The van der Waals surface area contributed by atoms with Crippen molar-refractivity contribution in [3.8, 4) is 10.6 Å². The second-order valence-electron chi connectivity index (χ2n) is 7.63. The van der Waals surface area contributed by atoms with Gasteiger partial charge in [0.15, 0.2) is 5.78 Å². The maximum atomic E-state index is 12.9. The number of ketones is 1. The number of benzene rings is 1. The molecule has 0 amide bonds. The predicted octanol–water partition coefficient (Wildman–Crippen LogP) is 4.33. The molecule has 3 fully saturated rings. The van der Waals surface area contributed by atoms with Crippen molar-refractivity contribution in [1.82, 2.24) is 20.1 Å². The van der Waals surface area contributed by atoms with E-state index in [1.807, 2.05) is 24.4 Å². The number of aromatic amines is 1. The number of hydrogen-bond acceptors (Lipinski definition) is 5. The Hall–Kier alpha value is -1.76. The zero-order valence-corrected chi connectivity index (χ0v) is 16.9. The van der Waals surface area contributed by atoms with Gasteiger partial charge in [0.25, 0.3) is 0 Å². The number of nitrogens with one attached hydrogen (secondary N) is 1. The molecule has 6 rings (SSSR count). The van der Waals surface area contributed by atoms with Gasteiger partial charge in [0.05, 0.1) is 5.52 Å². The average molecular weight is 403 g/mol. The van der Waals surface area contributed by atoms with Gasteiger partial charge in [-0.2, -0.15) is 5.10 Å². The molecule has 2 aromatic heterocycles. The van der Waals surface area contributed by atoms with Crippen LogP contribution in [0.2, 0.25) is 0 Å². The first kappa shape index (κ1) is 18.6. The molecule has 3 saturated heterocycles. The molecule has 27 heavy (non-hydrogen) atoms. The number of carbonyl (C=O) groups excluding carboxylic acids is 1. The van der Waals surface area contributed by atoms with Gasteiger partial charge in [0, 0.05) is 35.0 Å². The molecular weight excluding hydrogens is 380 g/mol. The molecule has 3 aromatic rings. The highest BCUT2D eigenvalue weighted by Gasteiger charge is 2.35. The molecule has 1 atom stereocenters. The van der Waals surface area contributed by atoms with Crippen LogP contribution in [0.1, 0.15) is 34.6 Å². The number of nitrogens with zero attached hydrogens (tertiary/aromatic N) is 3. The maximum Gasteiger partial charge on any atom is 0.184 e. The van der Waals surface area contributed by atoms with Gasteiger partial charge in [-0.3, -0.25) is 9.89 Å². The molecule has 0 unspecified atom stereocenters. The highest BCUT2D eigenvalue weighted by atomic mass is 35.5. The molecule has 142 valence electrons. The van der Waals surface area contributed by atoms with Crippen molar-refractivity contribution in [2.24, 2.45) is 11.8 Å². The van der Waals surface area contributed by atoms with E-state index >= 15 is 0 Å². The number of aromatic nitrogens is 3. The van der Waals surface area contributed by atoms with E-state index < -0.39 is 0 Å². The molecule has 2 bridgehead atoms. The summed E-state index contributed by atoms with van der Waals surface area (Å²) in [6.45, 7) is 5.55. The zero-order chi connectivity index (χ0) is 17.7. The minimum atomic E-state index is 0. The Morgan fingerprint density at radius 3 is 2.81 bits per heavy atom. The first-order chi connectivity index (χ1) is 12.7. The van der Waals surface area contributed by atoms with Crippen LogP contribution in [0.3, 0.4) is 0 Å². The van der Waals surface area contributed by atoms with Gasteiger partial charge in [-0.1, -0.05) is 6.07 Å². The maximum absolute atomic E-state index is 12.9. The summed E-state index contributed by atoms with van der Waals surface area (Å²) in [6, 6.07) is 6.10. The Morgan fingerprint density at radius 1 is 1.33 bits per heavy atom. The van der Waals surface area contributed by atoms with Gasteiger partial charge in [-0.05, 0) is 56.8 Å². The van der Waals surface area contributed by atoms with Crippen LogP contribution in [0.25, 0.3) is 21.5 Å². The molecule has 5 heterocycles. The van der Waals surface area contributed by atoms with Crippen LogP contribution in [0.5, 0.6) is 0 Å². The highest BCUT2D eigenvalue weighted by molar-refractivity contribution is 7.14. The van der Waals surface area contributed by atoms with Gasteiger partial charge in [-0.25, -0.2) is 4.98 Å². The average Bonchev–Trinajstić information content (AvgIpc) is 3.28. The zero-order valence-electron chi connectivity index (χ0n) is 15.3. The van der Waals surface area contributed by atoms with Gasteiger partial charge in [0.1, 0.15) is 10.7 Å². The summed E-state index contributed by atoms with van der Waals surface area (Å²) in [5, 5.41) is 9.33. The monoisotopic (exact) mass is 402 g/mol.